The standard InChI is InChI=1S/C20H26FN5OS/c1-3-14(2)15-12-23-20(24-19(15)22)28-13-18(27)26-10-8-25(9-11-26)17-7-5-4-6-16(17)21/h4-7,12,14H,3,8-11,13H2,1-2H3,(H2,22,23,24). The Morgan fingerprint density at radius 1 is 1.29 bits per heavy atom. The van der Waals surface area contributed by atoms with E-state index < -0.39 is 0 Å². The van der Waals surface area contributed by atoms with Crippen LogP contribution in [0.25, 0.3) is 0 Å². The number of rotatable bonds is 6. The summed E-state index contributed by atoms with van der Waals surface area (Å²) in [5.74, 6) is 0.867. The highest BCUT2D eigenvalue weighted by Crippen LogP contribution is 2.25. The summed E-state index contributed by atoms with van der Waals surface area (Å²) in [5, 5.41) is 0.517. The molecule has 1 amide bonds. The molecule has 1 fully saturated rings. The maximum Gasteiger partial charge on any atom is 0.233 e. The second-order valence-corrected chi connectivity index (χ2v) is 7.85. The Hall–Kier alpha value is -2.35. The van der Waals surface area contributed by atoms with Crippen LogP contribution in [-0.2, 0) is 4.79 Å². The van der Waals surface area contributed by atoms with Crippen molar-refractivity contribution in [1.29, 1.82) is 0 Å². The molecule has 1 atom stereocenters. The number of nitrogens with two attached hydrogens (primary N) is 1. The van der Waals surface area contributed by atoms with E-state index in [9.17, 15) is 9.18 Å². The van der Waals surface area contributed by atoms with E-state index in [2.05, 4.69) is 23.8 Å². The highest BCUT2D eigenvalue weighted by Gasteiger charge is 2.23. The van der Waals surface area contributed by atoms with Crippen LogP contribution >= 0.6 is 11.8 Å². The molecule has 2 N–H and O–H groups in total. The van der Waals surface area contributed by atoms with Gasteiger partial charge in [-0.05, 0) is 24.5 Å². The number of thioether (sulfide) groups is 1. The van der Waals surface area contributed by atoms with Gasteiger partial charge >= 0.3 is 0 Å². The number of nitrogen functional groups attached to an aromatic ring is 1. The lowest BCUT2D eigenvalue weighted by molar-refractivity contribution is -0.128. The molecule has 1 aromatic carbocycles. The number of hydrogen-bond acceptors (Lipinski definition) is 6. The van der Waals surface area contributed by atoms with Crippen molar-refractivity contribution in [3.63, 3.8) is 0 Å². The Morgan fingerprint density at radius 3 is 2.64 bits per heavy atom. The topological polar surface area (TPSA) is 75.4 Å². The summed E-state index contributed by atoms with van der Waals surface area (Å²) in [7, 11) is 0. The number of aromatic nitrogens is 2. The zero-order valence-electron chi connectivity index (χ0n) is 16.3. The van der Waals surface area contributed by atoms with Crippen LogP contribution in [0.2, 0.25) is 0 Å². The fourth-order valence-electron chi connectivity index (χ4n) is 3.18. The summed E-state index contributed by atoms with van der Waals surface area (Å²) in [4.78, 5) is 25.0. The van der Waals surface area contributed by atoms with Crippen LogP contribution in [0.1, 0.15) is 31.7 Å². The van der Waals surface area contributed by atoms with Crippen LogP contribution in [0.4, 0.5) is 15.9 Å². The predicted octanol–water partition coefficient (Wildman–Crippen LogP) is 3.15. The first-order valence-corrected chi connectivity index (χ1v) is 10.5. The van der Waals surface area contributed by atoms with E-state index in [1.54, 1.807) is 23.2 Å². The Balaban J connectivity index is 1.51. The van der Waals surface area contributed by atoms with Crippen molar-refractivity contribution < 1.29 is 9.18 Å². The van der Waals surface area contributed by atoms with Gasteiger partial charge in [-0.3, -0.25) is 4.79 Å². The fourth-order valence-corrected chi connectivity index (χ4v) is 3.90. The number of anilines is 2. The second-order valence-electron chi connectivity index (χ2n) is 6.91. The molecule has 2 aromatic rings. The van der Waals surface area contributed by atoms with Crippen LogP contribution in [0.15, 0.2) is 35.6 Å². The molecule has 0 spiro atoms. The second kappa shape index (κ2) is 9.23. The quantitative estimate of drug-likeness (QED) is 0.590. The molecule has 8 heteroatoms. The highest BCUT2D eigenvalue weighted by atomic mass is 32.2. The molecule has 1 aliphatic heterocycles. The Kier molecular flexibility index (Phi) is 6.72. The molecular weight excluding hydrogens is 377 g/mol. The molecule has 1 aliphatic rings. The summed E-state index contributed by atoms with van der Waals surface area (Å²) < 4.78 is 13.9. The number of carbonyl (C=O) groups excluding carboxylic acids is 1. The van der Waals surface area contributed by atoms with E-state index in [-0.39, 0.29) is 17.5 Å². The lowest BCUT2D eigenvalue weighted by Crippen LogP contribution is -2.49. The van der Waals surface area contributed by atoms with Crippen LogP contribution in [-0.4, -0.2) is 52.7 Å². The number of piperazine rings is 1. The van der Waals surface area contributed by atoms with Crippen molar-refractivity contribution in [2.75, 3.05) is 42.6 Å². The molecule has 28 heavy (non-hydrogen) atoms. The van der Waals surface area contributed by atoms with Gasteiger partial charge in [-0.15, -0.1) is 0 Å². The van der Waals surface area contributed by atoms with Crippen LogP contribution in [0, 0.1) is 5.82 Å². The molecule has 3 rings (SSSR count). The Bertz CT molecular complexity index is 826. The van der Waals surface area contributed by atoms with Gasteiger partial charge in [-0.2, -0.15) is 0 Å². The summed E-state index contributed by atoms with van der Waals surface area (Å²) in [5.41, 5.74) is 7.57. The van der Waals surface area contributed by atoms with E-state index in [0.717, 1.165) is 12.0 Å². The van der Waals surface area contributed by atoms with Gasteiger partial charge in [0.05, 0.1) is 11.4 Å². The molecule has 0 radical (unpaired) electrons. The number of carbonyl (C=O) groups is 1. The third kappa shape index (κ3) is 4.73. The minimum Gasteiger partial charge on any atom is -0.383 e. The molecule has 1 aromatic heterocycles. The van der Waals surface area contributed by atoms with Gasteiger partial charge in [0.25, 0.3) is 0 Å². The first kappa shape index (κ1) is 20.4. The van der Waals surface area contributed by atoms with Crippen LogP contribution < -0.4 is 10.6 Å². The van der Waals surface area contributed by atoms with Crippen molar-refractivity contribution >= 4 is 29.2 Å². The van der Waals surface area contributed by atoms with Crippen molar-refractivity contribution in [3.05, 3.63) is 41.8 Å². The minimum atomic E-state index is -0.228. The maximum atomic E-state index is 13.9. The molecule has 150 valence electrons. The van der Waals surface area contributed by atoms with Gasteiger partial charge in [0.1, 0.15) is 11.6 Å². The summed E-state index contributed by atoms with van der Waals surface area (Å²) in [6.07, 6.45) is 2.73. The predicted molar refractivity (Wildman–Crippen MR) is 111 cm³/mol. The summed E-state index contributed by atoms with van der Waals surface area (Å²) in [6, 6.07) is 6.74. The van der Waals surface area contributed by atoms with Crippen molar-refractivity contribution in [1.82, 2.24) is 14.9 Å². The summed E-state index contributed by atoms with van der Waals surface area (Å²) >= 11 is 1.30. The number of para-hydroxylation sites is 1. The Labute approximate surface area is 169 Å². The third-order valence-electron chi connectivity index (χ3n) is 5.12. The summed E-state index contributed by atoms with van der Waals surface area (Å²) in [6.45, 7) is 6.56. The van der Waals surface area contributed by atoms with Gasteiger partial charge in [0.15, 0.2) is 5.16 Å². The van der Waals surface area contributed by atoms with Crippen molar-refractivity contribution in [2.24, 2.45) is 0 Å². The number of benzene rings is 1. The fraction of sp³-hybridized carbons (Fsp3) is 0.450. The van der Waals surface area contributed by atoms with E-state index in [1.165, 1.54) is 17.8 Å². The Morgan fingerprint density at radius 2 is 2.00 bits per heavy atom. The molecule has 1 saturated heterocycles. The van der Waals surface area contributed by atoms with Gasteiger partial charge < -0.3 is 15.5 Å². The zero-order chi connectivity index (χ0) is 20.1. The molecule has 1 unspecified atom stereocenters. The van der Waals surface area contributed by atoms with Gasteiger partial charge in [0, 0.05) is 37.9 Å². The zero-order valence-corrected chi connectivity index (χ0v) is 17.1. The SMILES string of the molecule is CCC(C)c1cnc(SCC(=O)N2CCN(c3ccccc3F)CC2)nc1N. The highest BCUT2D eigenvalue weighted by molar-refractivity contribution is 7.99. The molecule has 0 bridgehead atoms. The minimum absolute atomic E-state index is 0.0337. The first-order chi connectivity index (χ1) is 13.5. The monoisotopic (exact) mass is 403 g/mol. The van der Waals surface area contributed by atoms with Crippen molar-refractivity contribution in [2.45, 2.75) is 31.3 Å². The first-order valence-electron chi connectivity index (χ1n) is 9.52. The maximum absolute atomic E-state index is 13.9. The normalized spacial score (nSPS) is 15.5. The molecule has 0 saturated carbocycles. The molecule has 2 heterocycles. The lowest BCUT2D eigenvalue weighted by atomic mass is 10.0. The van der Waals surface area contributed by atoms with Crippen LogP contribution in [0.5, 0.6) is 0 Å². The van der Waals surface area contributed by atoms with Crippen molar-refractivity contribution in [3.8, 4) is 0 Å². The third-order valence-corrected chi connectivity index (χ3v) is 5.97. The number of nitrogens with zero attached hydrogens (tertiary/aromatic N) is 4. The van der Waals surface area contributed by atoms with Crippen LogP contribution in [0.3, 0.4) is 0 Å². The lowest BCUT2D eigenvalue weighted by Gasteiger charge is -2.36. The average molecular weight is 404 g/mol. The van der Waals surface area contributed by atoms with Gasteiger partial charge in [0.2, 0.25) is 5.91 Å². The van der Waals surface area contributed by atoms with E-state index in [1.807, 2.05) is 11.0 Å². The van der Waals surface area contributed by atoms with E-state index in [0.29, 0.717) is 48.8 Å². The molecule has 0 aliphatic carbocycles. The molecule has 6 nitrogen and oxygen atoms in total. The van der Waals surface area contributed by atoms with E-state index in [4.69, 9.17) is 5.73 Å². The van der Waals surface area contributed by atoms with Gasteiger partial charge in [-0.25, -0.2) is 14.4 Å². The smallest absolute Gasteiger partial charge is 0.233 e. The average Bonchev–Trinajstić information content (AvgIpc) is 2.72. The largest absolute Gasteiger partial charge is 0.383 e. The number of amides is 1. The van der Waals surface area contributed by atoms with Gasteiger partial charge in [-0.1, -0.05) is 37.7 Å². The number of hydrogen-bond donors (Lipinski definition) is 1. The number of halogens is 1. The van der Waals surface area contributed by atoms with E-state index >= 15 is 0 Å². The molecular formula is C20H26FN5OS.